The molecule has 4 aromatic rings. The van der Waals surface area contributed by atoms with Gasteiger partial charge in [0, 0.05) is 9.58 Å². The first-order valence-electron chi connectivity index (χ1n) is 8.02. The summed E-state index contributed by atoms with van der Waals surface area (Å²) in [4.78, 5) is 0.914. The molecule has 1 heterocycles. The van der Waals surface area contributed by atoms with Gasteiger partial charge < -0.3 is 14.6 Å². The van der Waals surface area contributed by atoms with Gasteiger partial charge in [0.05, 0.1) is 14.2 Å². The van der Waals surface area contributed by atoms with Crippen LogP contribution in [-0.4, -0.2) is 19.3 Å². The van der Waals surface area contributed by atoms with Crippen molar-refractivity contribution in [1.82, 2.24) is 0 Å². The van der Waals surface area contributed by atoms with Crippen LogP contribution in [-0.2, 0) is 0 Å². The third kappa shape index (κ3) is 2.84. The van der Waals surface area contributed by atoms with Crippen LogP contribution in [0.1, 0.15) is 16.5 Å². The van der Waals surface area contributed by atoms with Crippen molar-refractivity contribution in [3.63, 3.8) is 0 Å². The van der Waals surface area contributed by atoms with E-state index in [0.717, 1.165) is 15.8 Å². The first kappa shape index (κ1) is 15.9. The van der Waals surface area contributed by atoms with E-state index in [4.69, 9.17) is 9.47 Å². The molecule has 0 unspecified atom stereocenters. The van der Waals surface area contributed by atoms with E-state index in [9.17, 15) is 5.11 Å². The van der Waals surface area contributed by atoms with E-state index in [1.54, 1.807) is 25.6 Å². The lowest BCUT2D eigenvalue weighted by Gasteiger charge is -2.13. The van der Waals surface area contributed by atoms with Crippen molar-refractivity contribution in [1.29, 1.82) is 0 Å². The van der Waals surface area contributed by atoms with Crippen molar-refractivity contribution < 1.29 is 14.6 Å². The summed E-state index contributed by atoms with van der Waals surface area (Å²) in [6.45, 7) is 0. The zero-order chi connectivity index (χ0) is 17.4. The summed E-state index contributed by atoms with van der Waals surface area (Å²) in [6.07, 6.45) is -0.694. The molecule has 1 N–H and O–H groups in total. The molecule has 0 fully saturated rings. The summed E-state index contributed by atoms with van der Waals surface area (Å²) in [5, 5.41) is 14.4. The first-order chi connectivity index (χ1) is 12.2. The molecule has 1 aromatic heterocycles. The largest absolute Gasteiger partial charge is 0.493 e. The van der Waals surface area contributed by atoms with Gasteiger partial charge in [0.15, 0.2) is 11.5 Å². The maximum atomic E-state index is 10.8. The molecule has 25 heavy (non-hydrogen) atoms. The topological polar surface area (TPSA) is 38.7 Å². The monoisotopic (exact) mass is 350 g/mol. The molecule has 0 amide bonds. The predicted octanol–water partition coefficient (Wildman–Crippen LogP) is 5.15. The molecular formula is C21H18O3S. The molecule has 0 aliphatic rings. The molecule has 0 spiro atoms. The summed E-state index contributed by atoms with van der Waals surface area (Å²) in [7, 11) is 3.20. The van der Waals surface area contributed by atoms with Gasteiger partial charge in [-0.3, -0.25) is 0 Å². The fourth-order valence-corrected chi connectivity index (χ4v) is 4.18. The number of fused-ring (bicyclic) bond motifs is 2. The minimum Gasteiger partial charge on any atom is -0.493 e. The van der Waals surface area contributed by atoms with E-state index in [-0.39, 0.29) is 0 Å². The Balaban J connectivity index is 1.77. The van der Waals surface area contributed by atoms with Gasteiger partial charge in [0.2, 0.25) is 0 Å². The summed E-state index contributed by atoms with van der Waals surface area (Å²) < 4.78 is 11.8. The van der Waals surface area contributed by atoms with Crippen molar-refractivity contribution in [2.75, 3.05) is 14.2 Å². The van der Waals surface area contributed by atoms with Crippen molar-refractivity contribution in [3.05, 3.63) is 71.1 Å². The van der Waals surface area contributed by atoms with E-state index in [0.29, 0.717) is 11.5 Å². The standard InChI is InChI=1S/C21H18O3S/c1-23-17-8-7-15(10-18(17)24-2)21(22)20-12-16-9-13-5-3-4-6-14(13)11-19(16)25-20/h3-12,21-22H,1-2H3/t21-/m0/s1. The highest BCUT2D eigenvalue weighted by atomic mass is 32.1. The van der Waals surface area contributed by atoms with Crippen LogP contribution in [0.4, 0.5) is 0 Å². The van der Waals surface area contributed by atoms with Crippen LogP contribution in [0.25, 0.3) is 20.9 Å². The number of aliphatic hydroxyl groups excluding tert-OH is 1. The number of rotatable bonds is 4. The van der Waals surface area contributed by atoms with E-state index in [1.807, 2.05) is 30.3 Å². The van der Waals surface area contributed by atoms with Crippen LogP contribution in [0.5, 0.6) is 11.5 Å². The number of aliphatic hydroxyl groups is 1. The Kier molecular flexibility index (Phi) is 4.07. The predicted molar refractivity (Wildman–Crippen MR) is 103 cm³/mol. The molecule has 0 aliphatic heterocycles. The number of ether oxygens (including phenoxy) is 2. The van der Waals surface area contributed by atoms with Crippen LogP contribution in [0.3, 0.4) is 0 Å². The average Bonchev–Trinajstić information content (AvgIpc) is 3.07. The highest BCUT2D eigenvalue weighted by molar-refractivity contribution is 7.19. The summed E-state index contributed by atoms with van der Waals surface area (Å²) in [5.74, 6) is 1.27. The van der Waals surface area contributed by atoms with Gasteiger partial charge in [-0.2, -0.15) is 0 Å². The van der Waals surface area contributed by atoms with Gasteiger partial charge in [-0.15, -0.1) is 11.3 Å². The maximum Gasteiger partial charge on any atom is 0.161 e. The molecule has 0 bridgehead atoms. The smallest absolute Gasteiger partial charge is 0.161 e. The average molecular weight is 350 g/mol. The van der Waals surface area contributed by atoms with Crippen LogP contribution < -0.4 is 9.47 Å². The molecule has 0 saturated carbocycles. The highest BCUT2D eigenvalue weighted by Gasteiger charge is 2.16. The van der Waals surface area contributed by atoms with Crippen molar-refractivity contribution in [3.8, 4) is 11.5 Å². The van der Waals surface area contributed by atoms with Gasteiger partial charge >= 0.3 is 0 Å². The lowest BCUT2D eigenvalue weighted by atomic mass is 10.1. The molecule has 126 valence electrons. The summed E-state index contributed by atoms with van der Waals surface area (Å²) in [5.41, 5.74) is 0.786. The number of methoxy groups -OCH3 is 2. The van der Waals surface area contributed by atoms with Gasteiger partial charge in [0.25, 0.3) is 0 Å². The third-order valence-corrected chi connectivity index (χ3v) is 5.55. The van der Waals surface area contributed by atoms with E-state index in [2.05, 4.69) is 30.3 Å². The SMILES string of the molecule is COc1ccc([C@H](O)c2cc3cc4ccccc4cc3s2)cc1OC. The molecule has 0 saturated heterocycles. The van der Waals surface area contributed by atoms with Crippen molar-refractivity contribution in [2.45, 2.75) is 6.10 Å². The number of benzene rings is 3. The fourth-order valence-electron chi connectivity index (χ4n) is 3.07. The van der Waals surface area contributed by atoms with Gasteiger partial charge in [-0.05, 0) is 52.1 Å². The molecule has 0 aliphatic carbocycles. The van der Waals surface area contributed by atoms with Crippen LogP contribution in [0, 0.1) is 0 Å². The van der Waals surface area contributed by atoms with Crippen molar-refractivity contribution >= 4 is 32.2 Å². The molecule has 1 atom stereocenters. The third-order valence-electron chi connectivity index (χ3n) is 4.40. The molecule has 4 heteroatoms. The molecule has 3 aromatic carbocycles. The normalized spacial score (nSPS) is 12.4. The quantitative estimate of drug-likeness (QED) is 0.553. The van der Waals surface area contributed by atoms with E-state index in [1.165, 1.54) is 15.5 Å². The minimum absolute atomic E-state index is 0.617. The maximum absolute atomic E-state index is 10.8. The lowest BCUT2D eigenvalue weighted by molar-refractivity contribution is 0.223. The first-order valence-corrected chi connectivity index (χ1v) is 8.83. The Labute approximate surface area is 150 Å². The highest BCUT2D eigenvalue weighted by Crippen LogP contribution is 2.37. The summed E-state index contributed by atoms with van der Waals surface area (Å²) >= 11 is 1.62. The fraction of sp³-hybridized carbons (Fsp3) is 0.143. The molecule has 4 rings (SSSR count). The van der Waals surface area contributed by atoms with Crippen molar-refractivity contribution in [2.24, 2.45) is 0 Å². The number of thiophene rings is 1. The number of hydrogen-bond donors (Lipinski definition) is 1. The molecule has 3 nitrogen and oxygen atoms in total. The minimum atomic E-state index is -0.694. The second kappa shape index (κ2) is 6.39. The second-order valence-electron chi connectivity index (χ2n) is 5.90. The Hall–Kier alpha value is -2.56. The zero-order valence-electron chi connectivity index (χ0n) is 14.0. The second-order valence-corrected chi connectivity index (χ2v) is 7.02. The van der Waals surface area contributed by atoms with Crippen LogP contribution >= 0.6 is 11.3 Å². The van der Waals surface area contributed by atoms with Gasteiger partial charge in [0.1, 0.15) is 6.10 Å². The molecule has 0 radical (unpaired) electrons. The van der Waals surface area contributed by atoms with Crippen LogP contribution in [0.2, 0.25) is 0 Å². The number of hydrogen-bond acceptors (Lipinski definition) is 4. The Bertz CT molecular complexity index is 999. The zero-order valence-corrected chi connectivity index (χ0v) is 14.8. The van der Waals surface area contributed by atoms with Crippen LogP contribution in [0.15, 0.2) is 60.7 Å². The Morgan fingerprint density at radius 2 is 1.52 bits per heavy atom. The summed E-state index contributed by atoms with van der Waals surface area (Å²) in [6, 6.07) is 20.2. The molecular weight excluding hydrogens is 332 g/mol. The van der Waals surface area contributed by atoms with Gasteiger partial charge in [-0.25, -0.2) is 0 Å². The van der Waals surface area contributed by atoms with Gasteiger partial charge in [-0.1, -0.05) is 30.3 Å². The Morgan fingerprint density at radius 3 is 2.24 bits per heavy atom. The van der Waals surface area contributed by atoms with E-state index < -0.39 is 6.10 Å². The van der Waals surface area contributed by atoms with E-state index >= 15 is 0 Å². The lowest BCUT2D eigenvalue weighted by Crippen LogP contribution is -1.99. The Morgan fingerprint density at radius 1 is 0.800 bits per heavy atom.